The van der Waals surface area contributed by atoms with Crippen molar-refractivity contribution in [1.82, 2.24) is 20.1 Å². The van der Waals surface area contributed by atoms with Crippen LogP contribution in [0.5, 0.6) is 11.5 Å². The van der Waals surface area contributed by atoms with Crippen molar-refractivity contribution < 1.29 is 19.1 Å². The minimum Gasteiger partial charge on any atom is -0.493 e. The first-order valence-electron chi connectivity index (χ1n) is 8.67. The molecule has 2 heterocycles. The van der Waals surface area contributed by atoms with Crippen LogP contribution in [-0.2, 0) is 22.4 Å². The number of nitrogens with one attached hydrogen (secondary N) is 2. The Hall–Kier alpha value is -3.10. The topological polar surface area (TPSA) is 109 Å². The summed E-state index contributed by atoms with van der Waals surface area (Å²) >= 11 is 0. The number of amides is 2. The molecule has 1 aliphatic rings. The van der Waals surface area contributed by atoms with Crippen LogP contribution in [0.4, 0.5) is 5.95 Å². The lowest BCUT2D eigenvalue weighted by atomic mass is 10.1. The smallest absolute Gasteiger partial charge is 0.248 e. The second-order valence-electron chi connectivity index (χ2n) is 6.46. The SMILES string of the molecule is COc1ccc(CCc2nc(NC(=O)[C@@H]3CC(=O)N(C)C3)n[nH]2)cc1OC. The predicted octanol–water partition coefficient (Wildman–Crippen LogP) is 1.02. The number of aromatic amines is 1. The van der Waals surface area contributed by atoms with Crippen molar-refractivity contribution in [1.29, 1.82) is 0 Å². The molecule has 2 amide bonds. The maximum absolute atomic E-state index is 12.2. The van der Waals surface area contributed by atoms with E-state index in [-0.39, 0.29) is 30.1 Å². The number of nitrogens with zero attached hydrogens (tertiary/aromatic N) is 3. The number of rotatable bonds is 7. The monoisotopic (exact) mass is 373 g/mol. The van der Waals surface area contributed by atoms with Crippen LogP contribution in [0, 0.1) is 5.92 Å². The molecule has 3 rings (SSSR count). The van der Waals surface area contributed by atoms with Gasteiger partial charge in [-0.25, -0.2) is 0 Å². The van der Waals surface area contributed by atoms with E-state index in [0.717, 1.165) is 12.0 Å². The molecule has 1 aliphatic heterocycles. The molecule has 0 saturated carbocycles. The van der Waals surface area contributed by atoms with Crippen LogP contribution in [0.15, 0.2) is 18.2 Å². The van der Waals surface area contributed by atoms with Gasteiger partial charge in [-0.3, -0.25) is 20.0 Å². The zero-order valence-electron chi connectivity index (χ0n) is 15.6. The van der Waals surface area contributed by atoms with Crippen LogP contribution in [0.3, 0.4) is 0 Å². The minimum atomic E-state index is -0.365. The Morgan fingerprint density at radius 3 is 2.74 bits per heavy atom. The van der Waals surface area contributed by atoms with E-state index in [1.807, 2.05) is 18.2 Å². The summed E-state index contributed by atoms with van der Waals surface area (Å²) in [5.41, 5.74) is 1.07. The summed E-state index contributed by atoms with van der Waals surface area (Å²) < 4.78 is 10.5. The quantitative estimate of drug-likeness (QED) is 0.750. The zero-order chi connectivity index (χ0) is 19.4. The molecule has 9 nitrogen and oxygen atoms in total. The van der Waals surface area contributed by atoms with Gasteiger partial charge < -0.3 is 14.4 Å². The van der Waals surface area contributed by atoms with E-state index < -0.39 is 0 Å². The molecule has 1 atom stereocenters. The summed E-state index contributed by atoms with van der Waals surface area (Å²) in [4.78, 5) is 29.6. The summed E-state index contributed by atoms with van der Waals surface area (Å²) in [7, 11) is 4.89. The fourth-order valence-electron chi connectivity index (χ4n) is 3.01. The van der Waals surface area contributed by atoms with Crippen molar-refractivity contribution in [3.63, 3.8) is 0 Å². The van der Waals surface area contributed by atoms with Gasteiger partial charge >= 0.3 is 0 Å². The number of likely N-dealkylation sites (tertiary alicyclic amines) is 1. The van der Waals surface area contributed by atoms with E-state index in [1.165, 1.54) is 0 Å². The molecule has 27 heavy (non-hydrogen) atoms. The number of hydrogen-bond acceptors (Lipinski definition) is 6. The number of carbonyl (C=O) groups is 2. The number of aromatic nitrogens is 3. The number of H-pyrrole nitrogens is 1. The zero-order valence-corrected chi connectivity index (χ0v) is 15.6. The van der Waals surface area contributed by atoms with Gasteiger partial charge in [-0.05, 0) is 24.1 Å². The highest BCUT2D eigenvalue weighted by atomic mass is 16.5. The van der Waals surface area contributed by atoms with Crippen molar-refractivity contribution in [2.24, 2.45) is 5.92 Å². The lowest BCUT2D eigenvalue weighted by Gasteiger charge is -2.09. The molecule has 1 aromatic heterocycles. The summed E-state index contributed by atoms with van der Waals surface area (Å²) in [6.45, 7) is 0.418. The second-order valence-corrected chi connectivity index (χ2v) is 6.46. The van der Waals surface area contributed by atoms with E-state index in [9.17, 15) is 9.59 Å². The lowest BCUT2D eigenvalue weighted by Crippen LogP contribution is -2.26. The molecule has 2 N–H and O–H groups in total. The highest BCUT2D eigenvalue weighted by molar-refractivity contribution is 5.96. The number of benzene rings is 1. The Kier molecular flexibility index (Phi) is 5.58. The van der Waals surface area contributed by atoms with Gasteiger partial charge in [0.15, 0.2) is 11.5 Å². The molecular weight excluding hydrogens is 350 g/mol. The van der Waals surface area contributed by atoms with E-state index in [0.29, 0.717) is 30.3 Å². The summed E-state index contributed by atoms with van der Waals surface area (Å²) in [6.07, 6.45) is 1.58. The standard InChI is InChI=1S/C18H23N5O4/c1-23-10-12(9-16(23)24)17(25)20-18-19-15(21-22-18)7-5-11-4-6-13(26-2)14(8-11)27-3/h4,6,8,12H,5,7,9-10H2,1-3H3,(H2,19,20,21,22,25)/t12-/m1/s1. The Labute approximate surface area is 157 Å². The normalized spacial score (nSPS) is 16.5. The molecule has 0 unspecified atom stereocenters. The van der Waals surface area contributed by atoms with E-state index in [2.05, 4.69) is 20.5 Å². The molecule has 0 spiro atoms. The fraction of sp³-hybridized carbons (Fsp3) is 0.444. The lowest BCUT2D eigenvalue weighted by molar-refractivity contribution is -0.127. The summed E-state index contributed by atoms with van der Waals surface area (Å²) in [6, 6.07) is 5.75. The third-order valence-electron chi connectivity index (χ3n) is 4.58. The molecule has 0 aliphatic carbocycles. The Balaban J connectivity index is 1.55. The average molecular weight is 373 g/mol. The van der Waals surface area contributed by atoms with Crippen LogP contribution in [0.25, 0.3) is 0 Å². The maximum Gasteiger partial charge on any atom is 0.248 e. The van der Waals surface area contributed by atoms with Crippen LogP contribution in [-0.4, -0.2) is 59.7 Å². The Bertz CT molecular complexity index is 835. The summed E-state index contributed by atoms with van der Waals surface area (Å²) in [5.74, 6) is 1.62. The second kappa shape index (κ2) is 8.07. The molecule has 1 fully saturated rings. The molecule has 2 aromatic rings. The number of carbonyl (C=O) groups excluding carboxylic acids is 2. The first-order chi connectivity index (χ1) is 13.0. The number of methoxy groups -OCH3 is 2. The van der Waals surface area contributed by atoms with Crippen LogP contribution in [0.1, 0.15) is 17.8 Å². The first-order valence-corrected chi connectivity index (χ1v) is 8.67. The molecule has 1 aromatic carbocycles. The molecular formula is C18H23N5O4. The van der Waals surface area contributed by atoms with Crippen molar-refractivity contribution in [3.8, 4) is 11.5 Å². The molecule has 0 bridgehead atoms. The summed E-state index contributed by atoms with van der Waals surface area (Å²) in [5, 5.41) is 9.53. The molecule has 0 radical (unpaired) electrons. The predicted molar refractivity (Wildman–Crippen MR) is 97.7 cm³/mol. The van der Waals surface area contributed by atoms with Crippen molar-refractivity contribution in [2.75, 3.05) is 33.1 Å². The largest absolute Gasteiger partial charge is 0.493 e. The average Bonchev–Trinajstić information content (AvgIpc) is 3.26. The van der Waals surface area contributed by atoms with Crippen molar-refractivity contribution >= 4 is 17.8 Å². The van der Waals surface area contributed by atoms with Crippen molar-refractivity contribution in [3.05, 3.63) is 29.6 Å². The van der Waals surface area contributed by atoms with Gasteiger partial charge in [0.25, 0.3) is 0 Å². The van der Waals surface area contributed by atoms with Crippen LogP contribution in [0.2, 0.25) is 0 Å². The molecule has 1 saturated heterocycles. The highest BCUT2D eigenvalue weighted by Crippen LogP contribution is 2.28. The fourth-order valence-corrected chi connectivity index (χ4v) is 3.01. The van der Waals surface area contributed by atoms with Gasteiger partial charge in [-0.15, -0.1) is 5.10 Å². The van der Waals surface area contributed by atoms with Crippen LogP contribution >= 0.6 is 0 Å². The van der Waals surface area contributed by atoms with Gasteiger partial charge in [0.2, 0.25) is 17.8 Å². The molecule has 9 heteroatoms. The number of anilines is 1. The van der Waals surface area contributed by atoms with E-state index >= 15 is 0 Å². The minimum absolute atomic E-state index is 0.0271. The highest BCUT2D eigenvalue weighted by Gasteiger charge is 2.32. The van der Waals surface area contributed by atoms with Gasteiger partial charge in [0.1, 0.15) is 5.82 Å². The third-order valence-corrected chi connectivity index (χ3v) is 4.58. The number of ether oxygens (including phenoxy) is 2. The first kappa shape index (κ1) is 18.7. The van der Waals surface area contributed by atoms with Gasteiger partial charge in [-0.2, -0.15) is 4.98 Å². The maximum atomic E-state index is 12.2. The van der Waals surface area contributed by atoms with E-state index in [1.54, 1.807) is 26.2 Å². The van der Waals surface area contributed by atoms with Gasteiger partial charge in [0, 0.05) is 26.4 Å². The Morgan fingerprint density at radius 1 is 1.30 bits per heavy atom. The Morgan fingerprint density at radius 2 is 2.07 bits per heavy atom. The van der Waals surface area contributed by atoms with Crippen molar-refractivity contribution in [2.45, 2.75) is 19.3 Å². The van der Waals surface area contributed by atoms with Gasteiger partial charge in [0.05, 0.1) is 20.1 Å². The molecule has 144 valence electrons. The van der Waals surface area contributed by atoms with Gasteiger partial charge in [-0.1, -0.05) is 6.07 Å². The van der Waals surface area contributed by atoms with Crippen LogP contribution < -0.4 is 14.8 Å². The van der Waals surface area contributed by atoms with E-state index in [4.69, 9.17) is 9.47 Å². The number of aryl methyl sites for hydroxylation is 2. The third kappa shape index (κ3) is 4.36. The number of hydrogen-bond donors (Lipinski definition) is 2.